The fourth-order valence-corrected chi connectivity index (χ4v) is 3.48. The summed E-state index contributed by atoms with van der Waals surface area (Å²) in [4.78, 5) is 28.8. The van der Waals surface area contributed by atoms with Crippen LogP contribution in [0.1, 0.15) is 18.9 Å². The van der Waals surface area contributed by atoms with E-state index in [0.29, 0.717) is 26.2 Å². The smallest absolute Gasteiger partial charge is 0.233 e. The molecule has 1 heterocycles. The zero-order valence-electron chi connectivity index (χ0n) is 16.5. The van der Waals surface area contributed by atoms with Crippen molar-refractivity contribution in [1.82, 2.24) is 4.90 Å². The molecule has 6 heteroatoms. The van der Waals surface area contributed by atoms with Crippen LogP contribution in [-0.2, 0) is 16.0 Å². The van der Waals surface area contributed by atoms with Gasteiger partial charge < -0.3 is 19.9 Å². The fourth-order valence-electron chi connectivity index (χ4n) is 3.48. The maximum absolute atomic E-state index is 12.5. The Balaban J connectivity index is 1.53. The van der Waals surface area contributed by atoms with Crippen LogP contribution in [0.25, 0.3) is 0 Å². The molecule has 1 aliphatic rings. The number of aryl methyl sites for hydroxylation is 1. The van der Waals surface area contributed by atoms with E-state index < -0.39 is 0 Å². The van der Waals surface area contributed by atoms with Gasteiger partial charge in [-0.05, 0) is 30.2 Å². The van der Waals surface area contributed by atoms with Crippen LogP contribution in [-0.4, -0.2) is 50.0 Å². The van der Waals surface area contributed by atoms with Crippen molar-refractivity contribution in [3.63, 3.8) is 0 Å². The second-order valence-corrected chi connectivity index (χ2v) is 6.78. The normalized spacial score (nSPS) is 13.9. The second-order valence-electron chi connectivity index (χ2n) is 6.78. The predicted octanol–water partition coefficient (Wildman–Crippen LogP) is 2.94. The van der Waals surface area contributed by atoms with Crippen molar-refractivity contribution in [2.24, 2.45) is 0 Å². The zero-order valence-corrected chi connectivity index (χ0v) is 16.5. The number of nitrogens with one attached hydrogen (secondary N) is 1. The van der Waals surface area contributed by atoms with Gasteiger partial charge in [-0.15, -0.1) is 0 Å². The lowest BCUT2D eigenvalue weighted by Crippen LogP contribution is -2.49. The third-order valence-electron chi connectivity index (χ3n) is 5.04. The summed E-state index contributed by atoms with van der Waals surface area (Å²) in [6.45, 7) is 4.65. The van der Waals surface area contributed by atoms with Crippen LogP contribution in [0, 0.1) is 0 Å². The first-order chi connectivity index (χ1) is 13.6. The Morgan fingerprint density at radius 3 is 2.39 bits per heavy atom. The van der Waals surface area contributed by atoms with Crippen LogP contribution in [0.3, 0.4) is 0 Å². The molecule has 6 nitrogen and oxygen atoms in total. The Bertz CT molecular complexity index is 829. The SMILES string of the molecule is CCc1ccccc1NC(=O)CC(=O)N1CCN(c2ccccc2OC)CC1. The lowest BCUT2D eigenvalue weighted by Gasteiger charge is -2.36. The van der Waals surface area contributed by atoms with Crippen LogP contribution in [0.15, 0.2) is 48.5 Å². The molecule has 0 bridgehead atoms. The van der Waals surface area contributed by atoms with Crippen molar-refractivity contribution in [1.29, 1.82) is 0 Å². The van der Waals surface area contributed by atoms with Gasteiger partial charge in [-0.1, -0.05) is 37.3 Å². The standard InChI is InChI=1S/C22H27N3O3/c1-3-17-8-4-5-9-18(17)23-21(26)16-22(27)25-14-12-24(13-15-25)19-10-6-7-11-20(19)28-2/h4-11H,3,12-16H2,1-2H3,(H,23,26). The zero-order chi connectivity index (χ0) is 19.9. The van der Waals surface area contributed by atoms with E-state index in [1.807, 2.05) is 55.5 Å². The van der Waals surface area contributed by atoms with Gasteiger partial charge in [0.05, 0.1) is 12.8 Å². The molecule has 0 unspecified atom stereocenters. The third-order valence-corrected chi connectivity index (χ3v) is 5.04. The van der Waals surface area contributed by atoms with Gasteiger partial charge in [0.25, 0.3) is 0 Å². The van der Waals surface area contributed by atoms with Crippen molar-refractivity contribution in [3.8, 4) is 5.75 Å². The molecule has 0 radical (unpaired) electrons. The number of carbonyl (C=O) groups is 2. The molecule has 2 aromatic rings. The third kappa shape index (κ3) is 4.63. The first-order valence-electron chi connectivity index (χ1n) is 9.66. The summed E-state index contributed by atoms with van der Waals surface area (Å²) in [5, 5.41) is 2.87. The van der Waals surface area contributed by atoms with Crippen LogP contribution < -0.4 is 15.0 Å². The maximum atomic E-state index is 12.5. The molecular weight excluding hydrogens is 354 g/mol. The lowest BCUT2D eigenvalue weighted by molar-refractivity contribution is -0.134. The molecule has 148 valence electrons. The molecule has 0 saturated carbocycles. The largest absolute Gasteiger partial charge is 0.495 e. The van der Waals surface area contributed by atoms with Crippen molar-refractivity contribution in [2.75, 3.05) is 43.5 Å². The maximum Gasteiger partial charge on any atom is 0.233 e. The number of hydrogen-bond acceptors (Lipinski definition) is 4. The second kappa shape index (κ2) is 9.26. The molecule has 1 N–H and O–H groups in total. The summed E-state index contributed by atoms with van der Waals surface area (Å²) in [6, 6.07) is 15.6. The van der Waals surface area contributed by atoms with E-state index in [4.69, 9.17) is 4.74 Å². The van der Waals surface area contributed by atoms with Gasteiger partial charge in [-0.3, -0.25) is 9.59 Å². The molecule has 28 heavy (non-hydrogen) atoms. The highest BCUT2D eigenvalue weighted by atomic mass is 16.5. The van der Waals surface area contributed by atoms with E-state index >= 15 is 0 Å². The summed E-state index contributed by atoms with van der Waals surface area (Å²) in [5.74, 6) is 0.431. The minimum atomic E-state index is -0.266. The topological polar surface area (TPSA) is 61.9 Å². The van der Waals surface area contributed by atoms with Crippen LogP contribution in [0.4, 0.5) is 11.4 Å². The molecule has 0 aliphatic carbocycles. The number of hydrogen-bond donors (Lipinski definition) is 1. The summed E-state index contributed by atoms with van der Waals surface area (Å²) in [6.07, 6.45) is 0.696. The number of amides is 2. The highest BCUT2D eigenvalue weighted by Crippen LogP contribution is 2.28. The van der Waals surface area contributed by atoms with Gasteiger partial charge in [-0.25, -0.2) is 0 Å². The lowest BCUT2D eigenvalue weighted by atomic mass is 10.1. The van der Waals surface area contributed by atoms with E-state index in [-0.39, 0.29) is 18.2 Å². The number of anilines is 2. The van der Waals surface area contributed by atoms with Gasteiger partial charge in [0, 0.05) is 31.9 Å². The monoisotopic (exact) mass is 381 g/mol. The van der Waals surface area contributed by atoms with Crippen LogP contribution >= 0.6 is 0 Å². The first-order valence-corrected chi connectivity index (χ1v) is 9.66. The summed E-state index contributed by atoms with van der Waals surface area (Å²) < 4.78 is 5.43. The van der Waals surface area contributed by atoms with Crippen LogP contribution in [0.5, 0.6) is 5.75 Å². The van der Waals surface area contributed by atoms with Gasteiger partial charge in [-0.2, -0.15) is 0 Å². The number of piperazine rings is 1. The van der Waals surface area contributed by atoms with Crippen molar-refractivity contribution in [2.45, 2.75) is 19.8 Å². The molecule has 0 spiro atoms. The van der Waals surface area contributed by atoms with Crippen molar-refractivity contribution < 1.29 is 14.3 Å². The Hall–Kier alpha value is -3.02. The number of carbonyl (C=O) groups excluding carboxylic acids is 2. The Labute approximate surface area is 166 Å². The summed E-state index contributed by atoms with van der Waals surface area (Å²) in [5.41, 5.74) is 2.88. The van der Waals surface area contributed by atoms with Crippen molar-refractivity contribution >= 4 is 23.2 Å². The van der Waals surface area contributed by atoms with E-state index in [9.17, 15) is 9.59 Å². The van der Waals surface area contributed by atoms with E-state index in [2.05, 4.69) is 10.2 Å². The minimum absolute atomic E-state index is 0.132. The molecule has 1 fully saturated rings. The number of rotatable bonds is 6. The number of methoxy groups -OCH3 is 1. The molecule has 2 aromatic carbocycles. The number of nitrogens with zero attached hydrogens (tertiary/aromatic N) is 2. The van der Waals surface area contributed by atoms with E-state index in [1.54, 1.807) is 12.0 Å². The number of para-hydroxylation sites is 3. The molecule has 0 atom stereocenters. The molecule has 0 aromatic heterocycles. The quantitative estimate of drug-likeness (QED) is 0.782. The minimum Gasteiger partial charge on any atom is -0.495 e. The molecule has 2 amide bonds. The highest BCUT2D eigenvalue weighted by Gasteiger charge is 2.24. The Kier molecular flexibility index (Phi) is 6.53. The Morgan fingerprint density at radius 1 is 1.00 bits per heavy atom. The Morgan fingerprint density at radius 2 is 1.68 bits per heavy atom. The first kappa shape index (κ1) is 19.7. The fraction of sp³-hybridized carbons (Fsp3) is 0.364. The van der Waals surface area contributed by atoms with Gasteiger partial charge in [0.1, 0.15) is 12.2 Å². The predicted molar refractivity (Wildman–Crippen MR) is 111 cm³/mol. The van der Waals surface area contributed by atoms with E-state index in [1.165, 1.54) is 0 Å². The average Bonchev–Trinajstić information content (AvgIpc) is 2.74. The van der Waals surface area contributed by atoms with Crippen molar-refractivity contribution in [3.05, 3.63) is 54.1 Å². The molecule has 1 saturated heterocycles. The van der Waals surface area contributed by atoms with Gasteiger partial charge in [0.15, 0.2) is 0 Å². The highest BCUT2D eigenvalue weighted by molar-refractivity contribution is 6.03. The van der Waals surface area contributed by atoms with Gasteiger partial charge >= 0.3 is 0 Å². The van der Waals surface area contributed by atoms with Crippen LogP contribution in [0.2, 0.25) is 0 Å². The summed E-state index contributed by atoms with van der Waals surface area (Å²) >= 11 is 0. The summed E-state index contributed by atoms with van der Waals surface area (Å²) in [7, 11) is 1.66. The van der Waals surface area contributed by atoms with E-state index in [0.717, 1.165) is 29.1 Å². The number of benzene rings is 2. The number of ether oxygens (including phenoxy) is 1. The average molecular weight is 381 g/mol. The molecule has 3 rings (SSSR count). The van der Waals surface area contributed by atoms with Gasteiger partial charge in [0.2, 0.25) is 11.8 Å². The molecule has 1 aliphatic heterocycles. The molecular formula is C22H27N3O3.